The topological polar surface area (TPSA) is 52.8 Å². The second-order valence-corrected chi connectivity index (χ2v) is 5.47. The van der Waals surface area contributed by atoms with Crippen LogP contribution in [0.2, 0.25) is 0 Å². The van der Waals surface area contributed by atoms with Gasteiger partial charge in [0.05, 0.1) is 5.69 Å². The third kappa shape index (κ3) is 2.44. The first kappa shape index (κ1) is 13.2. The highest BCUT2D eigenvalue weighted by Gasteiger charge is 2.20. The van der Waals surface area contributed by atoms with Crippen LogP contribution < -0.4 is 4.90 Å². The molecule has 2 heterocycles. The van der Waals surface area contributed by atoms with Crippen molar-refractivity contribution in [3.05, 3.63) is 16.8 Å². The van der Waals surface area contributed by atoms with E-state index in [-0.39, 0.29) is 0 Å². The molecule has 0 radical (unpaired) electrons. The molecule has 0 unspecified atom stereocenters. The Balaban J connectivity index is 2.44. The maximum atomic E-state index is 9.43. The molecular formula is C13H18N4S. The number of nitrogens with zero attached hydrogens (tertiary/aromatic N) is 4. The summed E-state index contributed by atoms with van der Waals surface area (Å²) in [6.07, 6.45) is 1.68. The lowest BCUT2D eigenvalue weighted by atomic mass is 10.0. The van der Waals surface area contributed by atoms with Crippen LogP contribution in [0.15, 0.2) is 0 Å². The molecule has 1 fully saturated rings. The summed E-state index contributed by atoms with van der Waals surface area (Å²) >= 11 is 1.95. The second-order valence-electron chi connectivity index (χ2n) is 4.24. The summed E-state index contributed by atoms with van der Waals surface area (Å²) < 4.78 is 0. The van der Waals surface area contributed by atoms with Crippen molar-refractivity contribution in [2.24, 2.45) is 0 Å². The molecule has 0 amide bonds. The van der Waals surface area contributed by atoms with Gasteiger partial charge in [0, 0.05) is 24.6 Å². The Morgan fingerprint density at radius 2 is 1.94 bits per heavy atom. The van der Waals surface area contributed by atoms with Crippen LogP contribution in [0.1, 0.15) is 30.7 Å². The zero-order valence-electron chi connectivity index (χ0n) is 10.9. The van der Waals surface area contributed by atoms with Crippen LogP contribution in [0.5, 0.6) is 0 Å². The lowest BCUT2D eigenvalue weighted by Crippen LogP contribution is -2.34. The van der Waals surface area contributed by atoms with Crippen LogP contribution in [0.25, 0.3) is 0 Å². The predicted molar refractivity (Wildman–Crippen MR) is 75.0 cm³/mol. The van der Waals surface area contributed by atoms with Crippen molar-refractivity contribution in [2.45, 2.75) is 26.7 Å². The molecule has 0 aliphatic carbocycles. The molecule has 0 bridgehead atoms. The first-order chi connectivity index (χ1) is 8.81. The van der Waals surface area contributed by atoms with Gasteiger partial charge < -0.3 is 4.90 Å². The molecule has 0 spiro atoms. The molecule has 5 heteroatoms. The average Bonchev–Trinajstić information content (AvgIpc) is 2.46. The Morgan fingerprint density at radius 3 is 2.50 bits per heavy atom. The number of anilines is 1. The molecule has 1 aliphatic heterocycles. The summed E-state index contributed by atoms with van der Waals surface area (Å²) in [7, 11) is 0. The van der Waals surface area contributed by atoms with Crippen LogP contribution in [0.4, 0.5) is 5.82 Å². The van der Waals surface area contributed by atoms with E-state index in [4.69, 9.17) is 0 Å². The summed E-state index contributed by atoms with van der Waals surface area (Å²) in [5, 5.41) is 18.0. The fourth-order valence-corrected chi connectivity index (χ4v) is 3.18. The van der Waals surface area contributed by atoms with Crippen LogP contribution in [-0.4, -0.2) is 34.8 Å². The molecule has 1 aliphatic rings. The van der Waals surface area contributed by atoms with Gasteiger partial charge in [-0.05, 0) is 18.4 Å². The van der Waals surface area contributed by atoms with Crippen molar-refractivity contribution in [1.29, 1.82) is 5.26 Å². The first-order valence-electron chi connectivity index (χ1n) is 6.43. The van der Waals surface area contributed by atoms with Gasteiger partial charge in [-0.2, -0.15) is 22.1 Å². The highest BCUT2D eigenvalue weighted by molar-refractivity contribution is 7.99. The molecule has 0 aromatic carbocycles. The smallest absolute Gasteiger partial charge is 0.169 e. The fraction of sp³-hybridized carbons (Fsp3) is 0.615. The molecule has 0 saturated carbocycles. The van der Waals surface area contributed by atoms with Crippen molar-refractivity contribution >= 4 is 17.6 Å². The van der Waals surface area contributed by atoms with Crippen molar-refractivity contribution in [1.82, 2.24) is 10.2 Å². The normalized spacial score (nSPS) is 15.5. The van der Waals surface area contributed by atoms with Gasteiger partial charge in [-0.15, -0.1) is 5.10 Å². The largest absolute Gasteiger partial charge is 0.352 e. The molecule has 96 valence electrons. The summed E-state index contributed by atoms with van der Waals surface area (Å²) in [5.41, 5.74) is 2.77. The third-order valence-corrected chi connectivity index (χ3v) is 4.19. The SMILES string of the molecule is CCc1nnc(N2CCSCC2)c(C#N)c1CC. The van der Waals surface area contributed by atoms with Gasteiger partial charge in [-0.3, -0.25) is 0 Å². The number of hydrogen-bond acceptors (Lipinski definition) is 5. The van der Waals surface area contributed by atoms with E-state index < -0.39 is 0 Å². The Hall–Kier alpha value is -1.28. The van der Waals surface area contributed by atoms with Gasteiger partial charge in [-0.25, -0.2) is 0 Å². The van der Waals surface area contributed by atoms with E-state index in [1.54, 1.807) is 0 Å². The van der Waals surface area contributed by atoms with Gasteiger partial charge in [0.2, 0.25) is 0 Å². The maximum absolute atomic E-state index is 9.43. The van der Waals surface area contributed by atoms with E-state index in [2.05, 4.69) is 35.0 Å². The van der Waals surface area contributed by atoms with E-state index >= 15 is 0 Å². The van der Waals surface area contributed by atoms with Crippen molar-refractivity contribution in [2.75, 3.05) is 29.5 Å². The average molecular weight is 262 g/mol. The van der Waals surface area contributed by atoms with Crippen LogP contribution in [0.3, 0.4) is 0 Å². The van der Waals surface area contributed by atoms with E-state index in [1.165, 1.54) is 0 Å². The monoisotopic (exact) mass is 262 g/mol. The molecule has 0 N–H and O–H groups in total. The molecule has 1 aromatic rings. The minimum Gasteiger partial charge on any atom is -0.352 e. The number of nitriles is 1. The minimum atomic E-state index is 0.733. The van der Waals surface area contributed by atoms with Crippen molar-refractivity contribution in [3.63, 3.8) is 0 Å². The second kappa shape index (κ2) is 6.05. The number of rotatable bonds is 3. The first-order valence-corrected chi connectivity index (χ1v) is 7.58. The zero-order chi connectivity index (χ0) is 13.0. The van der Waals surface area contributed by atoms with Crippen LogP contribution >= 0.6 is 11.8 Å². The maximum Gasteiger partial charge on any atom is 0.169 e. The quantitative estimate of drug-likeness (QED) is 0.834. The van der Waals surface area contributed by atoms with Crippen molar-refractivity contribution in [3.8, 4) is 6.07 Å². The number of thioether (sulfide) groups is 1. The van der Waals surface area contributed by atoms with Gasteiger partial charge in [0.1, 0.15) is 11.6 Å². The van der Waals surface area contributed by atoms with Gasteiger partial charge in [-0.1, -0.05) is 13.8 Å². The standard InChI is InChI=1S/C13H18N4S/c1-3-10-11(9-14)13(16-15-12(10)4-2)17-5-7-18-8-6-17/h3-8H2,1-2H3. The Morgan fingerprint density at radius 1 is 1.22 bits per heavy atom. The summed E-state index contributed by atoms with van der Waals surface area (Å²) in [6, 6.07) is 2.34. The van der Waals surface area contributed by atoms with Gasteiger partial charge in [0.25, 0.3) is 0 Å². The van der Waals surface area contributed by atoms with E-state index in [0.29, 0.717) is 0 Å². The summed E-state index contributed by atoms with van der Waals surface area (Å²) in [5.74, 6) is 2.99. The number of hydrogen-bond donors (Lipinski definition) is 0. The highest BCUT2D eigenvalue weighted by atomic mass is 32.2. The van der Waals surface area contributed by atoms with Crippen LogP contribution in [-0.2, 0) is 12.8 Å². The zero-order valence-corrected chi connectivity index (χ0v) is 11.8. The van der Waals surface area contributed by atoms with Gasteiger partial charge in [0.15, 0.2) is 5.82 Å². The molecular weight excluding hydrogens is 244 g/mol. The summed E-state index contributed by atoms with van der Waals surface area (Å²) in [4.78, 5) is 2.20. The molecule has 4 nitrogen and oxygen atoms in total. The number of aryl methyl sites for hydroxylation is 1. The van der Waals surface area contributed by atoms with Gasteiger partial charge >= 0.3 is 0 Å². The molecule has 0 atom stereocenters. The van der Waals surface area contributed by atoms with Crippen molar-refractivity contribution < 1.29 is 0 Å². The van der Waals surface area contributed by atoms with E-state index in [0.717, 1.165) is 60.1 Å². The lowest BCUT2D eigenvalue weighted by molar-refractivity contribution is 0.791. The fourth-order valence-electron chi connectivity index (χ4n) is 2.28. The number of aromatic nitrogens is 2. The highest BCUT2D eigenvalue weighted by Crippen LogP contribution is 2.25. The molecule has 2 rings (SSSR count). The molecule has 18 heavy (non-hydrogen) atoms. The van der Waals surface area contributed by atoms with Crippen LogP contribution in [0, 0.1) is 11.3 Å². The summed E-state index contributed by atoms with van der Waals surface area (Å²) in [6.45, 7) is 6.06. The van der Waals surface area contributed by atoms with E-state index in [9.17, 15) is 5.26 Å². The lowest BCUT2D eigenvalue weighted by Gasteiger charge is -2.28. The molecule has 1 saturated heterocycles. The third-order valence-electron chi connectivity index (χ3n) is 3.25. The van der Waals surface area contributed by atoms with E-state index in [1.807, 2.05) is 11.8 Å². The minimum absolute atomic E-state index is 0.733. The Kier molecular flexibility index (Phi) is 4.43. The Labute approximate surface area is 112 Å². The Bertz CT molecular complexity index is 461. The molecule has 1 aromatic heterocycles. The predicted octanol–water partition coefficient (Wildman–Crippen LogP) is 2.03.